The van der Waals surface area contributed by atoms with Crippen LogP contribution in [0.3, 0.4) is 0 Å². The maximum Gasteiger partial charge on any atom is 0.306 e. The van der Waals surface area contributed by atoms with Gasteiger partial charge in [0.15, 0.2) is 0 Å². The molecule has 0 amide bonds. The molecule has 0 aromatic carbocycles. The van der Waals surface area contributed by atoms with Crippen LogP contribution in [0.2, 0.25) is 0 Å². The number of cyclic esters (lactones) is 1. The molecular weight excluding hydrogens is 476 g/mol. The zero-order chi connectivity index (χ0) is 27.9. The topological polar surface area (TPSA) is 26.3 Å². The molecule has 0 saturated carbocycles. The van der Waals surface area contributed by atoms with Crippen LogP contribution in [0.1, 0.15) is 225 Å². The molecule has 0 bridgehead atoms. The molecule has 2 nitrogen and oxygen atoms in total. The van der Waals surface area contributed by atoms with E-state index in [0.29, 0.717) is 6.42 Å². The van der Waals surface area contributed by atoms with Crippen LogP contribution >= 0.6 is 0 Å². The second-order valence-corrected chi connectivity index (χ2v) is 13.0. The fourth-order valence-electron chi connectivity index (χ4n) is 6.36. The minimum atomic E-state index is 0.0146. The van der Waals surface area contributed by atoms with Crippen molar-refractivity contribution in [2.75, 3.05) is 0 Å². The number of carbonyl (C=O) groups excluding carboxylic acids is 1. The average Bonchev–Trinajstić information content (AvgIpc) is 3.36. The van der Waals surface area contributed by atoms with Crippen molar-refractivity contribution < 1.29 is 9.53 Å². The molecule has 1 fully saturated rings. The molecule has 0 radical (unpaired) electrons. The van der Waals surface area contributed by atoms with E-state index in [-0.39, 0.29) is 12.1 Å². The molecule has 1 unspecified atom stereocenters. The molecule has 1 rings (SSSR count). The summed E-state index contributed by atoms with van der Waals surface area (Å²) < 4.78 is 5.29. The normalized spacial score (nSPS) is 15.3. The molecule has 0 aromatic heterocycles. The van der Waals surface area contributed by atoms with Crippen molar-refractivity contribution in [1.29, 1.82) is 0 Å². The van der Waals surface area contributed by atoms with E-state index in [1.807, 2.05) is 0 Å². The molecule has 0 aromatic rings. The predicted octanol–water partition coefficient (Wildman–Crippen LogP) is 13.2. The van der Waals surface area contributed by atoms with Crippen molar-refractivity contribution >= 4 is 5.97 Å². The highest BCUT2D eigenvalue weighted by Gasteiger charge is 2.22. The van der Waals surface area contributed by atoms with Crippen molar-refractivity contribution in [3.05, 3.63) is 0 Å². The van der Waals surface area contributed by atoms with E-state index < -0.39 is 0 Å². The van der Waals surface area contributed by atoms with Gasteiger partial charge in [-0.1, -0.05) is 200 Å². The Morgan fingerprint density at radius 3 is 0.923 bits per heavy atom. The Hall–Kier alpha value is -0.530. The summed E-state index contributed by atoms with van der Waals surface area (Å²) in [5.74, 6) is 0.0146. The lowest BCUT2D eigenvalue weighted by Gasteiger charge is -2.08. The second-order valence-electron chi connectivity index (χ2n) is 13.0. The van der Waals surface area contributed by atoms with Gasteiger partial charge < -0.3 is 4.74 Å². The molecule has 232 valence electrons. The number of ether oxygens (including phenoxy) is 1. The standard InChI is InChI=1S/C37H72O2/c1-2-3-4-5-6-7-8-9-10-11-12-13-14-15-16-17-18-19-20-21-22-23-24-25-26-27-28-29-30-31-32-33-36-34-35-37(38)39-36/h36H,2-35H2,1H3. The van der Waals surface area contributed by atoms with Gasteiger partial charge in [-0.2, -0.15) is 0 Å². The zero-order valence-corrected chi connectivity index (χ0v) is 26.9. The molecule has 1 aliphatic rings. The summed E-state index contributed by atoms with van der Waals surface area (Å²) in [4.78, 5) is 11.1. The Kier molecular flexibility index (Phi) is 28.5. The van der Waals surface area contributed by atoms with Gasteiger partial charge in [-0.3, -0.25) is 4.79 Å². The van der Waals surface area contributed by atoms with Crippen LogP contribution in [0.4, 0.5) is 0 Å². The third kappa shape index (κ3) is 27.4. The molecule has 0 N–H and O–H groups in total. The monoisotopic (exact) mass is 549 g/mol. The van der Waals surface area contributed by atoms with Crippen LogP contribution < -0.4 is 0 Å². The Bertz CT molecular complexity index is 488. The minimum absolute atomic E-state index is 0.0146. The van der Waals surface area contributed by atoms with Crippen LogP contribution in [0.25, 0.3) is 0 Å². The van der Waals surface area contributed by atoms with E-state index in [0.717, 1.165) is 12.8 Å². The van der Waals surface area contributed by atoms with Gasteiger partial charge in [0.25, 0.3) is 0 Å². The van der Waals surface area contributed by atoms with Crippen molar-refractivity contribution in [2.24, 2.45) is 0 Å². The van der Waals surface area contributed by atoms with E-state index in [9.17, 15) is 4.79 Å². The predicted molar refractivity (Wildman–Crippen MR) is 173 cm³/mol. The molecule has 0 aliphatic carbocycles. The van der Waals surface area contributed by atoms with Crippen molar-refractivity contribution in [2.45, 2.75) is 231 Å². The summed E-state index contributed by atoms with van der Waals surface area (Å²) in [5, 5.41) is 0. The first-order chi connectivity index (χ1) is 19.3. The fourth-order valence-corrected chi connectivity index (χ4v) is 6.36. The maximum atomic E-state index is 11.1. The van der Waals surface area contributed by atoms with Gasteiger partial charge in [-0.05, 0) is 19.3 Å². The Morgan fingerprint density at radius 2 is 0.692 bits per heavy atom. The Labute approximate surface area is 246 Å². The van der Waals surface area contributed by atoms with E-state index in [1.165, 1.54) is 199 Å². The van der Waals surface area contributed by atoms with Gasteiger partial charge >= 0.3 is 5.97 Å². The van der Waals surface area contributed by atoms with Crippen LogP contribution in [-0.2, 0) is 9.53 Å². The summed E-state index contributed by atoms with van der Waals surface area (Å²) in [6, 6.07) is 0. The molecule has 39 heavy (non-hydrogen) atoms. The summed E-state index contributed by atoms with van der Waals surface area (Å²) >= 11 is 0. The largest absolute Gasteiger partial charge is 0.462 e. The SMILES string of the molecule is CCCCCCCCCCCCCCCCCCCCCCCCCCCCCCCCCC1CCC(=O)O1. The molecule has 0 spiro atoms. The van der Waals surface area contributed by atoms with Gasteiger partial charge in [0.05, 0.1) is 0 Å². The summed E-state index contributed by atoms with van der Waals surface area (Å²) in [6.45, 7) is 2.30. The molecule has 2 heteroatoms. The lowest BCUT2D eigenvalue weighted by molar-refractivity contribution is -0.141. The molecule has 1 atom stereocenters. The second kappa shape index (κ2) is 30.4. The lowest BCUT2D eigenvalue weighted by atomic mass is 10.0. The summed E-state index contributed by atoms with van der Waals surface area (Å²) in [5.41, 5.74) is 0. The number of rotatable bonds is 32. The molecule has 1 heterocycles. The maximum absolute atomic E-state index is 11.1. The first-order valence-corrected chi connectivity index (χ1v) is 18.5. The number of esters is 1. The lowest BCUT2D eigenvalue weighted by Crippen LogP contribution is -2.06. The van der Waals surface area contributed by atoms with E-state index in [4.69, 9.17) is 4.74 Å². The van der Waals surface area contributed by atoms with Gasteiger partial charge in [0.2, 0.25) is 0 Å². The summed E-state index contributed by atoms with van der Waals surface area (Å²) in [7, 11) is 0. The van der Waals surface area contributed by atoms with Crippen LogP contribution in [0, 0.1) is 0 Å². The number of carbonyl (C=O) groups is 1. The van der Waals surface area contributed by atoms with Crippen LogP contribution in [-0.4, -0.2) is 12.1 Å². The highest BCUT2D eigenvalue weighted by atomic mass is 16.5. The number of hydrogen-bond acceptors (Lipinski definition) is 2. The number of unbranched alkanes of at least 4 members (excludes halogenated alkanes) is 30. The third-order valence-corrected chi connectivity index (χ3v) is 9.10. The highest BCUT2D eigenvalue weighted by molar-refractivity contribution is 5.71. The third-order valence-electron chi connectivity index (χ3n) is 9.10. The number of hydrogen-bond donors (Lipinski definition) is 0. The van der Waals surface area contributed by atoms with E-state index in [1.54, 1.807) is 0 Å². The smallest absolute Gasteiger partial charge is 0.306 e. The molecular formula is C37H72O2. The van der Waals surface area contributed by atoms with Gasteiger partial charge in [-0.25, -0.2) is 0 Å². The first kappa shape index (κ1) is 36.5. The van der Waals surface area contributed by atoms with E-state index in [2.05, 4.69) is 6.92 Å². The van der Waals surface area contributed by atoms with Crippen molar-refractivity contribution in [3.63, 3.8) is 0 Å². The highest BCUT2D eigenvalue weighted by Crippen LogP contribution is 2.20. The van der Waals surface area contributed by atoms with Crippen LogP contribution in [0.5, 0.6) is 0 Å². The molecule has 1 aliphatic heterocycles. The molecule has 1 saturated heterocycles. The van der Waals surface area contributed by atoms with Gasteiger partial charge in [-0.15, -0.1) is 0 Å². The van der Waals surface area contributed by atoms with Crippen LogP contribution in [0.15, 0.2) is 0 Å². The zero-order valence-electron chi connectivity index (χ0n) is 26.9. The minimum Gasteiger partial charge on any atom is -0.462 e. The van der Waals surface area contributed by atoms with Crippen molar-refractivity contribution in [3.8, 4) is 0 Å². The van der Waals surface area contributed by atoms with Crippen molar-refractivity contribution in [1.82, 2.24) is 0 Å². The van der Waals surface area contributed by atoms with Gasteiger partial charge in [0.1, 0.15) is 6.10 Å². The Balaban J connectivity index is 1.61. The first-order valence-electron chi connectivity index (χ1n) is 18.5. The van der Waals surface area contributed by atoms with E-state index >= 15 is 0 Å². The fraction of sp³-hybridized carbons (Fsp3) is 0.973. The Morgan fingerprint density at radius 1 is 0.436 bits per heavy atom. The summed E-state index contributed by atoms with van der Waals surface area (Å²) in [6.07, 6.45) is 47.8. The quantitative estimate of drug-likeness (QED) is 0.0617. The van der Waals surface area contributed by atoms with Gasteiger partial charge in [0, 0.05) is 6.42 Å². The average molecular weight is 549 g/mol.